The summed E-state index contributed by atoms with van der Waals surface area (Å²) in [5.74, 6) is 2.43. The second-order valence-corrected chi connectivity index (χ2v) is 6.61. The number of benzene rings is 1. The topological polar surface area (TPSA) is 79.6 Å². The van der Waals surface area contributed by atoms with Gasteiger partial charge in [-0.15, -0.1) is 10.2 Å². The summed E-state index contributed by atoms with van der Waals surface area (Å²) in [5.41, 5.74) is 1.02. The summed E-state index contributed by atoms with van der Waals surface area (Å²) in [6.07, 6.45) is 2.68. The largest absolute Gasteiger partial charge is 0.495 e. The molecule has 3 rings (SSSR count). The molecule has 8 nitrogen and oxygen atoms in total. The minimum absolute atomic E-state index is 0.282. The Morgan fingerprint density at radius 3 is 3.00 bits per heavy atom. The van der Waals surface area contributed by atoms with Gasteiger partial charge in [0.15, 0.2) is 11.8 Å². The molecule has 0 spiro atoms. The maximum absolute atomic E-state index is 6.16. The van der Waals surface area contributed by atoms with E-state index in [0.717, 1.165) is 42.7 Å². The van der Waals surface area contributed by atoms with Gasteiger partial charge in [-0.1, -0.05) is 11.6 Å². The van der Waals surface area contributed by atoms with Crippen LogP contribution in [-0.2, 0) is 13.6 Å². The van der Waals surface area contributed by atoms with Gasteiger partial charge in [0.05, 0.1) is 19.3 Å². The quantitative estimate of drug-likeness (QED) is 0.606. The summed E-state index contributed by atoms with van der Waals surface area (Å²) in [6, 6.07) is 5.97. The minimum Gasteiger partial charge on any atom is -0.495 e. The molecule has 2 heterocycles. The zero-order valence-corrected chi connectivity index (χ0v) is 16.0. The molecule has 1 aromatic carbocycles. The van der Waals surface area contributed by atoms with Gasteiger partial charge in [0.1, 0.15) is 12.1 Å². The zero-order chi connectivity index (χ0) is 18.5. The van der Waals surface area contributed by atoms with Gasteiger partial charge in [-0.25, -0.2) is 0 Å². The van der Waals surface area contributed by atoms with E-state index >= 15 is 0 Å². The van der Waals surface area contributed by atoms with Crippen LogP contribution < -0.4 is 20.3 Å². The number of aliphatic imine (C=N–C) groups is 1. The number of halogens is 1. The lowest BCUT2D eigenvalue weighted by molar-refractivity contribution is 0.415. The van der Waals surface area contributed by atoms with Crippen LogP contribution in [0.25, 0.3) is 0 Å². The Bertz CT molecular complexity index is 776. The third-order valence-corrected chi connectivity index (χ3v) is 4.69. The summed E-state index contributed by atoms with van der Waals surface area (Å²) in [6.45, 7) is 2.34. The van der Waals surface area contributed by atoms with Crippen molar-refractivity contribution >= 4 is 23.2 Å². The maximum atomic E-state index is 6.16. The molecule has 140 valence electrons. The Labute approximate surface area is 158 Å². The normalized spacial score (nSPS) is 17.5. The SMILES string of the molecule is CN=C(NCc1nncn1C)NC1CCN(c2cc(Cl)ccc2OC)C1. The predicted molar refractivity (Wildman–Crippen MR) is 103 cm³/mol. The molecule has 1 unspecified atom stereocenters. The van der Waals surface area contributed by atoms with Crippen LogP contribution in [0.3, 0.4) is 0 Å². The van der Waals surface area contributed by atoms with Crippen LogP contribution in [0.5, 0.6) is 5.75 Å². The van der Waals surface area contributed by atoms with Crippen molar-refractivity contribution in [3.05, 3.63) is 35.4 Å². The molecule has 0 radical (unpaired) electrons. The molecule has 1 aliphatic rings. The number of nitrogens with one attached hydrogen (secondary N) is 2. The fraction of sp³-hybridized carbons (Fsp3) is 0.471. The summed E-state index contributed by atoms with van der Waals surface area (Å²) in [4.78, 5) is 6.58. The number of hydrogen-bond donors (Lipinski definition) is 2. The van der Waals surface area contributed by atoms with Crippen LogP contribution >= 0.6 is 11.6 Å². The fourth-order valence-electron chi connectivity index (χ4n) is 3.03. The number of nitrogens with zero attached hydrogens (tertiary/aromatic N) is 5. The van der Waals surface area contributed by atoms with Gasteiger partial charge in [-0.3, -0.25) is 4.99 Å². The van der Waals surface area contributed by atoms with Gasteiger partial charge in [-0.05, 0) is 24.6 Å². The molecule has 9 heteroatoms. The molecule has 0 amide bonds. The second-order valence-electron chi connectivity index (χ2n) is 6.18. The van der Waals surface area contributed by atoms with E-state index in [-0.39, 0.29) is 6.04 Å². The average Bonchev–Trinajstić information content (AvgIpc) is 3.27. The monoisotopic (exact) mass is 377 g/mol. The highest BCUT2D eigenvalue weighted by atomic mass is 35.5. The third-order valence-electron chi connectivity index (χ3n) is 4.45. The van der Waals surface area contributed by atoms with Crippen molar-refractivity contribution in [1.29, 1.82) is 0 Å². The van der Waals surface area contributed by atoms with E-state index < -0.39 is 0 Å². The molecule has 2 aromatic rings. The van der Waals surface area contributed by atoms with Crippen molar-refractivity contribution in [2.75, 3.05) is 32.1 Å². The molecule has 1 fully saturated rings. The van der Waals surface area contributed by atoms with Gasteiger partial charge in [0.25, 0.3) is 0 Å². The summed E-state index contributed by atoms with van der Waals surface area (Å²) >= 11 is 6.16. The number of guanidine groups is 1. The Hall–Kier alpha value is -2.48. The molecule has 0 saturated carbocycles. The number of aryl methyl sites for hydroxylation is 1. The van der Waals surface area contributed by atoms with Gasteiger partial charge < -0.3 is 24.8 Å². The van der Waals surface area contributed by atoms with Crippen LogP contribution in [0.4, 0.5) is 5.69 Å². The highest BCUT2D eigenvalue weighted by molar-refractivity contribution is 6.30. The molecule has 1 aliphatic heterocycles. The first-order valence-corrected chi connectivity index (χ1v) is 8.87. The highest BCUT2D eigenvalue weighted by Gasteiger charge is 2.25. The van der Waals surface area contributed by atoms with E-state index in [1.54, 1.807) is 20.5 Å². The number of aromatic nitrogens is 3. The number of rotatable bonds is 5. The third kappa shape index (κ3) is 4.19. The maximum Gasteiger partial charge on any atom is 0.191 e. The van der Waals surface area contributed by atoms with Gasteiger partial charge in [0, 0.05) is 38.2 Å². The fourth-order valence-corrected chi connectivity index (χ4v) is 3.19. The molecule has 0 aliphatic carbocycles. The van der Waals surface area contributed by atoms with E-state index in [4.69, 9.17) is 16.3 Å². The molecule has 0 bridgehead atoms. The summed E-state index contributed by atoms with van der Waals surface area (Å²) < 4.78 is 7.35. The van der Waals surface area contributed by atoms with Crippen LogP contribution in [0, 0.1) is 0 Å². The molecule has 1 atom stereocenters. The van der Waals surface area contributed by atoms with Crippen molar-refractivity contribution in [2.24, 2.45) is 12.0 Å². The van der Waals surface area contributed by atoms with E-state index in [2.05, 4.69) is 30.7 Å². The molecule has 1 saturated heterocycles. The Balaban J connectivity index is 1.58. The minimum atomic E-state index is 0.282. The van der Waals surface area contributed by atoms with Gasteiger partial charge in [0.2, 0.25) is 0 Å². The van der Waals surface area contributed by atoms with Gasteiger partial charge >= 0.3 is 0 Å². The molecular weight excluding hydrogens is 354 g/mol. The van der Waals surface area contributed by atoms with Crippen LogP contribution in [0.1, 0.15) is 12.2 Å². The Kier molecular flexibility index (Phi) is 5.82. The first-order chi connectivity index (χ1) is 12.6. The molecule has 26 heavy (non-hydrogen) atoms. The highest BCUT2D eigenvalue weighted by Crippen LogP contribution is 2.33. The van der Waals surface area contributed by atoms with Crippen LogP contribution in [-0.4, -0.2) is 54.0 Å². The first kappa shape index (κ1) is 18.3. The molecule has 2 N–H and O–H groups in total. The Morgan fingerprint density at radius 2 is 2.31 bits per heavy atom. The second kappa shape index (κ2) is 8.27. The molecule has 1 aromatic heterocycles. The lowest BCUT2D eigenvalue weighted by atomic mass is 10.2. The zero-order valence-electron chi connectivity index (χ0n) is 15.2. The molecular formula is C17H24ClN7O. The Morgan fingerprint density at radius 1 is 1.46 bits per heavy atom. The smallest absolute Gasteiger partial charge is 0.191 e. The first-order valence-electron chi connectivity index (χ1n) is 8.49. The van der Waals surface area contributed by atoms with E-state index in [0.29, 0.717) is 11.6 Å². The van der Waals surface area contributed by atoms with Crippen molar-refractivity contribution in [2.45, 2.75) is 19.0 Å². The summed E-state index contributed by atoms with van der Waals surface area (Å²) in [7, 11) is 5.36. The lowest BCUT2D eigenvalue weighted by Gasteiger charge is -2.22. The van der Waals surface area contributed by atoms with E-state index in [9.17, 15) is 0 Å². The van der Waals surface area contributed by atoms with Gasteiger partial charge in [-0.2, -0.15) is 0 Å². The van der Waals surface area contributed by atoms with Crippen LogP contribution in [0.15, 0.2) is 29.5 Å². The van der Waals surface area contributed by atoms with Crippen molar-refractivity contribution in [1.82, 2.24) is 25.4 Å². The number of methoxy groups -OCH3 is 1. The van der Waals surface area contributed by atoms with Crippen LogP contribution in [0.2, 0.25) is 5.02 Å². The van der Waals surface area contributed by atoms with Crippen molar-refractivity contribution in [3.8, 4) is 5.75 Å². The number of ether oxygens (including phenoxy) is 1. The predicted octanol–water partition coefficient (Wildman–Crippen LogP) is 1.42. The number of anilines is 1. The average molecular weight is 378 g/mol. The van der Waals surface area contributed by atoms with Crippen molar-refractivity contribution in [3.63, 3.8) is 0 Å². The number of hydrogen-bond acceptors (Lipinski definition) is 5. The van der Waals surface area contributed by atoms with E-state index in [1.165, 1.54) is 0 Å². The van der Waals surface area contributed by atoms with Crippen molar-refractivity contribution < 1.29 is 4.74 Å². The summed E-state index contributed by atoms with van der Waals surface area (Å²) in [5, 5.41) is 15.4. The van der Waals surface area contributed by atoms with E-state index in [1.807, 2.05) is 29.8 Å². The standard InChI is InChI=1S/C17H24ClN7O/c1-19-17(20-9-16-23-21-11-24(16)2)22-13-6-7-25(10-13)14-8-12(18)4-5-15(14)26-3/h4-5,8,11,13H,6-7,9-10H2,1-3H3,(H2,19,20,22). The lowest BCUT2D eigenvalue weighted by Crippen LogP contribution is -2.44.